The highest BCUT2D eigenvalue weighted by Crippen LogP contribution is 2.26. The van der Waals surface area contributed by atoms with Crippen molar-refractivity contribution in [3.05, 3.63) is 24.3 Å². The maximum Gasteiger partial charge on any atom is 0.397 e. The number of hydrogen-bond donors (Lipinski definition) is 6. The van der Waals surface area contributed by atoms with Gasteiger partial charge in [0.25, 0.3) is 0 Å². The van der Waals surface area contributed by atoms with Gasteiger partial charge in [0, 0.05) is 6.42 Å². The smallest absolute Gasteiger partial charge is 0.394 e. The van der Waals surface area contributed by atoms with Crippen molar-refractivity contribution < 1.29 is 51.8 Å². The van der Waals surface area contributed by atoms with E-state index in [4.69, 9.17) is 9.47 Å². The lowest BCUT2D eigenvalue weighted by molar-refractivity contribution is -0.298. The first-order valence-corrected chi connectivity index (χ1v) is 29.6. The van der Waals surface area contributed by atoms with E-state index in [1.54, 1.807) is 6.08 Å². The fourth-order valence-electron chi connectivity index (χ4n) is 9.10. The SMILES string of the molecule is CCCCCCCCCCCCCC/C=C\CCCCCCCCCCC(=O)NC(COC1OC(CO)C(O)C(OS(=O)(=O)O)C1O)C(O)/C=C/CCCCCCCCCCCCCCCCC. The van der Waals surface area contributed by atoms with Crippen LogP contribution < -0.4 is 5.32 Å². The van der Waals surface area contributed by atoms with Crippen LogP contribution in [-0.2, 0) is 28.9 Å². The first kappa shape index (κ1) is 64.6. The molecule has 0 aromatic rings. The van der Waals surface area contributed by atoms with Crippen LogP contribution in [0.1, 0.15) is 264 Å². The van der Waals surface area contributed by atoms with Crippen LogP contribution in [0.25, 0.3) is 0 Å². The number of nitrogens with one attached hydrogen (secondary N) is 1. The van der Waals surface area contributed by atoms with Gasteiger partial charge in [-0.2, -0.15) is 8.42 Å². The van der Waals surface area contributed by atoms with Crippen molar-refractivity contribution in [2.24, 2.45) is 0 Å². The summed E-state index contributed by atoms with van der Waals surface area (Å²) in [4.78, 5) is 13.1. The summed E-state index contributed by atoms with van der Waals surface area (Å²) < 4.78 is 47.8. The Kier molecular flexibility index (Phi) is 43.2. The molecule has 402 valence electrons. The molecule has 0 spiro atoms. The van der Waals surface area contributed by atoms with Crippen LogP contribution in [0.2, 0.25) is 0 Å². The predicted molar refractivity (Wildman–Crippen MR) is 278 cm³/mol. The molecule has 12 nitrogen and oxygen atoms in total. The average molecular weight is 989 g/mol. The van der Waals surface area contributed by atoms with E-state index in [0.29, 0.717) is 6.42 Å². The number of unbranched alkanes of at least 4 members (excludes halogenated alkanes) is 35. The molecule has 1 amide bonds. The summed E-state index contributed by atoms with van der Waals surface area (Å²) in [5.74, 6) is -0.262. The topological polar surface area (TPSA) is 192 Å². The molecule has 1 aliphatic heterocycles. The summed E-state index contributed by atoms with van der Waals surface area (Å²) >= 11 is 0. The Morgan fingerprint density at radius 2 is 0.941 bits per heavy atom. The maximum absolute atomic E-state index is 13.1. The van der Waals surface area contributed by atoms with E-state index in [2.05, 4.69) is 35.5 Å². The molecule has 7 unspecified atom stereocenters. The molecule has 68 heavy (non-hydrogen) atoms. The second kappa shape index (κ2) is 45.4. The van der Waals surface area contributed by atoms with Crippen molar-refractivity contribution in [3.63, 3.8) is 0 Å². The molecule has 0 aromatic heterocycles. The summed E-state index contributed by atoms with van der Waals surface area (Å²) in [6.07, 6.45) is 46.5. The summed E-state index contributed by atoms with van der Waals surface area (Å²) in [6.45, 7) is 3.42. The number of rotatable bonds is 49. The summed E-state index contributed by atoms with van der Waals surface area (Å²) in [7, 11) is -5.09. The predicted octanol–water partition coefficient (Wildman–Crippen LogP) is 12.8. The summed E-state index contributed by atoms with van der Waals surface area (Å²) in [6, 6.07) is -0.944. The van der Waals surface area contributed by atoms with Crippen LogP contribution in [0.15, 0.2) is 24.3 Å². The molecule has 13 heteroatoms. The Morgan fingerprint density at radius 3 is 1.32 bits per heavy atom. The Hall–Kier alpha value is -1.42. The van der Waals surface area contributed by atoms with Crippen molar-refractivity contribution in [1.29, 1.82) is 0 Å². The Bertz CT molecular complexity index is 1300. The molecule has 0 aromatic carbocycles. The van der Waals surface area contributed by atoms with Crippen molar-refractivity contribution in [2.75, 3.05) is 13.2 Å². The van der Waals surface area contributed by atoms with Crippen LogP contribution in [0.5, 0.6) is 0 Å². The second-order valence-corrected chi connectivity index (χ2v) is 20.9. The van der Waals surface area contributed by atoms with Crippen LogP contribution in [0.3, 0.4) is 0 Å². The molecule has 0 radical (unpaired) electrons. The zero-order chi connectivity index (χ0) is 49.8. The van der Waals surface area contributed by atoms with Crippen LogP contribution in [0.4, 0.5) is 0 Å². The number of amides is 1. The zero-order valence-corrected chi connectivity index (χ0v) is 44.3. The van der Waals surface area contributed by atoms with Crippen molar-refractivity contribution in [2.45, 2.75) is 307 Å². The van der Waals surface area contributed by atoms with E-state index in [1.807, 2.05) is 6.08 Å². The highest BCUT2D eigenvalue weighted by molar-refractivity contribution is 7.80. The number of carbonyl (C=O) groups excluding carboxylic acids is 1. The minimum absolute atomic E-state index is 0.262. The molecule has 0 bridgehead atoms. The standard InChI is InChI=1S/C55H105NO11S/c1-3-5-7-9-11-13-15-17-19-21-22-23-24-25-26-27-29-31-33-35-37-39-41-43-45-51(59)56-48(47-65-55-53(61)54(67-68(62,63)64)52(60)50(46-57)66-55)49(58)44-42-40-38-36-34-32-30-28-20-18-16-14-12-10-8-6-4-2/h25-26,42,44,48-50,52-55,57-58,60-61H,3-24,27-41,43,45-47H2,1-2H3,(H,56,59)(H,62,63,64)/b26-25-,44-42+. The number of carbonyl (C=O) groups is 1. The molecule has 0 aliphatic carbocycles. The fourth-order valence-corrected chi connectivity index (χ4v) is 9.61. The largest absolute Gasteiger partial charge is 0.397 e. The summed E-state index contributed by atoms with van der Waals surface area (Å²) in [5, 5.41) is 44.9. The molecule has 6 N–H and O–H groups in total. The molecule has 1 fully saturated rings. The van der Waals surface area contributed by atoms with Crippen LogP contribution in [0, 0.1) is 0 Å². The van der Waals surface area contributed by atoms with E-state index < -0.39 is 59.9 Å². The first-order chi connectivity index (χ1) is 33.0. The van der Waals surface area contributed by atoms with E-state index >= 15 is 0 Å². The molecule has 1 rings (SSSR count). The molecule has 1 heterocycles. The quantitative estimate of drug-likeness (QED) is 0.0193. The van der Waals surface area contributed by atoms with Crippen molar-refractivity contribution >= 4 is 16.3 Å². The number of aliphatic hydroxyl groups is 4. The van der Waals surface area contributed by atoms with Gasteiger partial charge in [-0.1, -0.05) is 237 Å². The van der Waals surface area contributed by atoms with Gasteiger partial charge in [-0.25, -0.2) is 4.18 Å². The molecular formula is C55H105NO11S. The molecular weight excluding hydrogens is 883 g/mol. The monoisotopic (exact) mass is 988 g/mol. The van der Waals surface area contributed by atoms with Gasteiger partial charge in [-0.05, 0) is 44.9 Å². The Morgan fingerprint density at radius 1 is 0.574 bits per heavy atom. The van der Waals surface area contributed by atoms with Gasteiger partial charge < -0.3 is 35.2 Å². The van der Waals surface area contributed by atoms with E-state index in [-0.39, 0.29) is 18.9 Å². The van der Waals surface area contributed by atoms with Gasteiger partial charge in [-0.3, -0.25) is 9.35 Å². The normalized spacial score (nSPS) is 19.9. The molecule has 7 atom stereocenters. The van der Waals surface area contributed by atoms with E-state index in [1.165, 1.54) is 193 Å². The lowest BCUT2D eigenvalue weighted by atomic mass is 9.99. The van der Waals surface area contributed by atoms with E-state index in [9.17, 15) is 38.2 Å². The lowest BCUT2D eigenvalue weighted by Crippen LogP contribution is -2.61. The van der Waals surface area contributed by atoms with Crippen molar-refractivity contribution in [3.8, 4) is 0 Å². The highest BCUT2D eigenvalue weighted by Gasteiger charge is 2.48. The lowest BCUT2D eigenvalue weighted by Gasteiger charge is -2.41. The molecule has 1 aliphatic rings. The van der Waals surface area contributed by atoms with E-state index in [0.717, 1.165) is 44.9 Å². The van der Waals surface area contributed by atoms with Gasteiger partial charge in [0.1, 0.15) is 24.4 Å². The Labute approximate surface area is 416 Å². The second-order valence-electron chi connectivity index (χ2n) is 19.9. The van der Waals surface area contributed by atoms with Gasteiger partial charge in [0.2, 0.25) is 5.91 Å². The Balaban J connectivity index is 2.38. The van der Waals surface area contributed by atoms with Gasteiger partial charge in [-0.15, -0.1) is 0 Å². The molecule has 0 saturated carbocycles. The van der Waals surface area contributed by atoms with Crippen LogP contribution >= 0.6 is 0 Å². The maximum atomic E-state index is 13.1. The number of aliphatic hydroxyl groups excluding tert-OH is 4. The highest BCUT2D eigenvalue weighted by atomic mass is 32.3. The third-order valence-corrected chi connectivity index (χ3v) is 13.9. The zero-order valence-electron chi connectivity index (χ0n) is 43.4. The van der Waals surface area contributed by atoms with Crippen LogP contribution in [-0.4, -0.2) is 95.4 Å². The fraction of sp³-hybridized carbons (Fsp3) is 0.909. The van der Waals surface area contributed by atoms with Gasteiger partial charge >= 0.3 is 10.4 Å². The number of hydrogen-bond acceptors (Lipinski definition) is 10. The third kappa shape index (κ3) is 37.4. The third-order valence-electron chi connectivity index (χ3n) is 13.5. The summed E-state index contributed by atoms with van der Waals surface area (Å²) in [5.41, 5.74) is 0. The number of ether oxygens (including phenoxy) is 2. The van der Waals surface area contributed by atoms with Crippen molar-refractivity contribution in [1.82, 2.24) is 5.32 Å². The van der Waals surface area contributed by atoms with Gasteiger partial charge in [0.05, 0.1) is 25.4 Å². The minimum atomic E-state index is -5.09. The molecule has 1 saturated heterocycles. The minimum Gasteiger partial charge on any atom is -0.394 e. The number of allylic oxidation sites excluding steroid dienone is 3. The first-order valence-electron chi connectivity index (χ1n) is 28.2. The average Bonchev–Trinajstić information content (AvgIpc) is 3.31. The van der Waals surface area contributed by atoms with Gasteiger partial charge in [0.15, 0.2) is 6.29 Å².